The van der Waals surface area contributed by atoms with Gasteiger partial charge in [0.25, 0.3) is 0 Å². The first-order valence-electron chi connectivity index (χ1n) is 4.48. The zero-order chi connectivity index (χ0) is 12.1. The zero-order valence-electron chi connectivity index (χ0n) is 8.54. The van der Waals surface area contributed by atoms with Crippen molar-refractivity contribution in [2.24, 2.45) is 0 Å². The maximum absolute atomic E-state index is 13.3. The van der Waals surface area contributed by atoms with Gasteiger partial charge in [-0.3, -0.25) is 0 Å². The summed E-state index contributed by atoms with van der Waals surface area (Å²) in [5, 5.41) is 11.5. The molecule has 0 aliphatic carbocycles. The number of aliphatic carboxylic acids is 1. The molecule has 1 atom stereocenters. The monoisotopic (exact) mass is 247 g/mol. The van der Waals surface area contributed by atoms with Crippen molar-refractivity contribution >= 4 is 23.3 Å². The normalized spacial score (nSPS) is 12.2. The number of halogens is 2. The van der Waals surface area contributed by atoms with Crippen molar-refractivity contribution < 1.29 is 19.0 Å². The highest BCUT2D eigenvalue weighted by Crippen LogP contribution is 2.25. The molecule has 1 aromatic rings. The van der Waals surface area contributed by atoms with Gasteiger partial charge in [0.05, 0.1) is 17.3 Å². The van der Waals surface area contributed by atoms with Crippen LogP contribution in [-0.2, 0) is 9.53 Å². The summed E-state index contributed by atoms with van der Waals surface area (Å²) >= 11 is 5.74. The van der Waals surface area contributed by atoms with E-state index in [9.17, 15) is 9.18 Å². The summed E-state index contributed by atoms with van der Waals surface area (Å²) in [6, 6.07) is 3.06. The summed E-state index contributed by atoms with van der Waals surface area (Å²) in [4.78, 5) is 10.8. The third kappa shape index (κ3) is 3.08. The number of hydrogen-bond donors (Lipinski definition) is 2. The van der Waals surface area contributed by atoms with Crippen molar-refractivity contribution in [2.75, 3.05) is 19.0 Å². The fourth-order valence-corrected chi connectivity index (χ4v) is 1.37. The molecule has 0 heterocycles. The first kappa shape index (κ1) is 12.7. The van der Waals surface area contributed by atoms with Crippen LogP contribution in [0, 0.1) is 5.82 Å². The van der Waals surface area contributed by atoms with Crippen LogP contribution in [0.3, 0.4) is 0 Å². The fraction of sp³-hybridized carbons (Fsp3) is 0.300. The van der Waals surface area contributed by atoms with Crippen molar-refractivity contribution in [2.45, 2.75) is 6.04 Å². The number of carboxylic acid groups (broad SMARTS) is 1. The van der Waals surface area contributed by atoms with Crippen LogP contribution in [0.2, 0.25) is 5.02 Å². The van der Waals surface area contributed by atoms with Gasteiger partial charge in [-0.2, -0.15) is 0 Å². The topological polar surface area (TPSA) is 58.6 Å². The molecule has 0 saturated heterocycles. The van der Waals surface area contributed by atoms with Crippen molar-refractivity contribution in [1.29, 1.82) is 0 Å². The average molecular weight is 248 g/mol. The van der Waals surface area contributed by atoms with E-state index in [4.69, 9.17) is 21.4 Å². The Morgan fingerprint density at radius 3 is 2.88 bits per heavy atom. The van der Waals surface area contributed by atoms with E-state index in [0.29, 0.717) is 0 Å². The van der Waals surface area contributed by atoms with Gasteiger partial charge in [0, 0.05) is 7.11 Å². The van der Waals surface area contributed by atoms with Crippen LogP contribution in [-0.4, -0.2) is 30.8 Å². The minimum absolute atomic E-state index is 0.0337. The van der Waals surface area contributed by atoms with Crippen molar-refractivity contribution in [3.05, 3.63) is 29.0 Å². The van der Waals surface area contributed by atoms with Gasteiger partial charge in [0.15, 0.2) is 0 Å². The van der Waals surface area contributed by atoms with Gasteiger partial charge in [-0.15, -0.1) is 0 Å². The maximum Gasteiger partial charge on any atom is 0.328 e. The largest absolute Gasteiger partial charge is 0.480 e. The lowest BCUT2D eigenvalue weighted by Crippen LogP contribution is -2.34. The highest BCUT2D eigenvalue weighted by molar-refractivity contribution is 6.33. The number of carboxylic acids is 1. The molecule has 0 spiro atoms. The van der Waals surface area contributed by atoms with E-state index in [1.54, 1.807) is 0 Å². The number of hydrogen-bond acceptors (Lipinski definition) is 3. The minimum Gasteiger partial charge on any atom is -0.480 e. The minimum atomic E-state index is -1.14. The second kappa shape index (κ2) is 5.67. The van der Waals surface area contributed by atoms with Crippen LogP contribution in [0.5, 0.6) is 0 Å². The molecule has 88 valence electrons. The summed E-state index contributed by atoms with van der Waals surface area (Å²) in [6.07, 6.45) is 0. The van der Waals surface area contributed by atoms with Gasteiger partial charge in [0.2, 0.25) is 0 Å². The summed E-state index contributed by atoms with van der Waals surface area (Å²) in [6.45, 7) is -0.0833. The molecule has 1 unspecified atom stereocenters. The Morgan fingerprint density at radius 2 is 2.38 bits per heavy atom. The molecule has 0 radical (unpaired) electrons. The predicted octanol–water partition coefficient (Wildman–Crippen LogP) is 1.99. The van der Waals surface area contributed by atoms with E-state index in [1.165, 1.54) is 25.3 Å². The second-order valence-corrected chi connectivity index (χ2v) is 3.49. The molecule has 1 aromatic carbocycles. The molecule has 0 aromatic heterocycles. The Labute approximate surface area is 97.0 Å². The standard InChI is InChI=1S/C10H11ClFNO3/c1-16-5-8(10(14)15)13-9-6(11)3-2-4-7(9)12/h2-4,8,13H,5H2,1H3,(H,14,15). The summed E-state index contributed by atoms with van der Waals surface area (Å²) in [7, 11) is 1.36. The van der Waals surface area contributed by atoms with Crippen LogP contribution >= 0.6 is 11.6 Å². The Hall–Kier alpha value is -1.33. The van der Waals surface area contributed by atoms with Gasteiger partial charge in [-0.1, -0.05) is 17.7 Å². The quantitative estimate of drug-likeness (QED) is 0.836. The number of ether oxygens (including phenoxy) is 1. The number of carbonyl (C=O) groups is 1. The molecule has 6 heteroatoms. The van der Waals surface area contributed by atoms with Crippen LogP contribution in [0.4, 0.5) is 10.1 Å². The highest BCUT2D eigenvalue weighted by Gasteiger charge is 2.19. The van der Waals surface area contributed by atoms with E-state index in [2.05, 4.69) is 5.32 Å². The van der Waals surface area contributed by atoms with Crippen molar-refractivity contribution in [1.82, 2.24) is 0 Å². The van der Waals surface area contributed by atoms with E-state index in [1.807, 2.05) is 0 Å². The number of para-hydroxylation sites is 1. The average Bonchev–Trinajstić information content (AvgIpc) is 2.21. The molecule has 0 fully saturated rings. The number of rotatable bonds is 5. The molecule has 0 bridgehead atoms. The third-order valence-corrected chi connectivity index (χ3v) is 2.23. The summed E-state index contributed by atoms with van der Waals surface area (Å²) in [5.41, 5.74) is -0.0337. The van der Waals surface area contributed by atoms with E-state index >= 15 is 0 Å². The van der Waals surface area contributed by atoms with Crippen LogP contribution in [0.15, 0.2) is 18.2 Å². The van der Waals surface area contributed by atoms with Gasteiger partial charge in [-0.25, -0.2) is 9.18 Å². The van der Waals surface area contributed by atoms with Crippen LogP contribution in [0.25, 0.3) is 0 Å². The van der Waals surface area contributed by atoms with Gasteiger partial charge >= 0.3 is 5.97 Å². The molecular formula is C10H11ClFNO3. The highest BCUT2D eigenvalue weighted by atomic mass is 35.5. The van der Waals surface area contributed by atoms with E-state index < -0.39 is 17.8 Å². The Balaban J connectivity index is 2.89. The number of nitrogens with one attached hydrogen (secondary N) is 1. The zero-order valence-corrected chi connectivity index (χ0v) is 9.29. The summed E-state index contributed by atoms with van der Waals surface area (Å²) in [5.74, 6) is -1.74. The van der Waals surface area contributed by atoms with Gasteiger partial charge in [-0.05, 0) is 12.1 Å². The van der Waals surface area contributed by atoms with Crippen molar-refractivity contribution in [3.8, 4) is 0 Å². The molecule has 2 N–H and O–H groups in total. The molecule has 0 saturated carbocycles. The Kier molecular flexibility index (Phi) is 4.52. The van der Waals surface area contributed by atoms with E-state index in [-0.39, 0.29) is 17.3 Å². The molecule has 0 amide bonds. The SMILES string of the molecule is COCC(Nc1c(F)cccc1Cl)C(=O)O. The first-order chi connectivity index (χ1) is 7.56. The van der Waals surface area contributed by atoms with Gasteiger partial charge < -0.3 is 15.2 Å². The Morgan fingerprint density at radius 1 is 1.69 bits per heavy atom. The third-order valence-electron chi connectivity index (χ3n) is 1.91. The lowest BCUT2D eigenvalue weighted by molar-refractivity contribution is -0.139. The van der Waals surface area contributed by atoms with Crippen LogP contribution in [0.1, 0.15) is 0 Å². The fourth-order valence-electron chi connectivity index (χ4n) is 1.15. The van der Waals surface area contributed by atoms with Gasteiger partial charge in [0.1, 0.15) is 11.9 Å². The molecular weight excluding hydrogens is 237 g/mol. The van der Waals surface area contributed by atoms with Crippen molar-refractivity contribution in [3.63, 3.8) is 0 Å². The molecule has 16 heavy (non-hydrogen) atoms. The van der Waals surface area contributed by atoms with E-state index in [0.717, 1.165) is 0 Å². The number of anilines is 1. The Bertz CT molecular complexity index is 366. The lowest BCUT2D eigenvalue weighted by Gasteiger charge is -2.16. The summed E-state index contributed by atoms with van der Waals surface area (Å²) < 4.78 is 18.0. The molecule has 1 rings (SSSR count). The lowest BCUT2D eigenvalue weighted by atomic mass is 10.2. The number of benzene rings is 1. The predicted molar refractivity (Wildman–Crippen MR) is 58.3 cm³/mol. The maximum atomic E-state index is 13.3. The molecule has 0 aliphatic heterocycles. The van der Waals surface area contributed by atoms with Crippen LogP contribution < -0.4 is 5.32 Å². The molecule has 4 nitrogen and oxygen atoms in total. The molecule has 0 aliphatic rings. The second-order valence-electron chi connectivity index (χ2n) is 3.09. The smallest absolute Gasteiger partial charge is 0.328 e. The first-order valence-corrected chi connectivity index (χ1v) is 4.86. The number of methoxy groups -OCH3 is 1.